The van der Waals surface area contributed by atoms with E-state index in [1.165, 1.54) is 7.11 Å². The third-order valence-corrected chi connectivity index (χ3v) is 0.708. The number of aliphatic hydroxyl groups is 2. The van der Waals surface area contributed by atoms with E-state index in [9.17, 15) is 0 Å². The Balaban J connectivity index is 3.43. The number of methoxy groups -OCH3 is 1. The van der Waals surface area contributed by atoms with Gasteiger partial charge in [0, 0.05) is 13.7 Å². The van der Waals surface area contributed by atoms with Gasteiger partial charge in [0.1, 0.15) is 6.61 Å². The zero-order chi connectivity index (χ0) is 7.33. The summed E-state index contributed by atoms with van der Waals surface area (Å²) in [5.41, 5.74) is 0. The molecule has 0 amide bonds. The lowest BCUT2D eigenvalue weighted by atomic mass is 10.6. The zero-order valence-electron chi connectivity index (χ0n) is 5.63. The van der Waals surface area contributed by atoms with E-state index in [0.717, 1.165) is 0 Å². The Morgan fingerprint density at radius 3 is 2.33 bits per heavy atom. The number of rotatable bonds is 4. The van der Waals surface area contributed by atoms with Crippen molar-refractivity contribution < 1.29 is 19.7 Å². The van der Waals surface area contributed by atoms with Crippen molar-refractivity contribution in [3.05, 3.63) is 0 Å². The smallest absolute Gasteiger partial charge is 0.302 e. The predicted octanol–water partition coefficient (Wildman–Crippen LogP) is -0.692. The monoisotopic (exact) mass is 136 g/mol. The minimum absolute atomic E-state index is 0.235. The van der Waals surface area contributed by atoms with Crippen molar-refractivity contribution in [1.29, 1.82) is 0 Å². The maximum atomic E-state index is 8.72. The van der Waals surface area contributed by atoms with Crippen LogP contribution in [0.2, 0.25) is 0 Å². The van der Waals surface area contributed by atoms with E-state index >= 15 is 0 Å². The van der Waals surface area contributed by atoms with Gasteiger partial charge in [-0.2, -0.15) is 0 Å². The van der Waals surface area contributed by atoms with E-state index in [4.69, 9.17) is 10.2 Å². The van der Waals surface area contributed by atoms with Crippen LogP contribution >= 0.6 is 0 Å². The first-order chi connectivity index (χ1) is 4.12. The van der Waals surface area contributed by atoms with Crippen molar-refractivity contribution in [1.82, 2.24) is 0 Å². The van der Waals surface area contributed by atoms with Crippen LogP contribution < -0.4 is 0 Å². The molecule has 0 bridgehead atoms. The molecule has 0 atom stereocenters. The summed E-state index contributed by atoms with van der Waals surface area (Å²) in [5.74, 6) is -2.12. The average Bonchev–Trinajstić information content (AvgIpc) is 1.64. The first-order valence-electron chi connectivity index (χ1n) is 2.70. The summed E-state index contributed by atoms with van der Waals surface area (Å²) >= 11 is 0. The third kappa shape index (κ3) is 4.35. The highest BCUT2D eigenvalue weighted by molar-refractivity contribution is 4.44. The molecule has 0 heterocycles. The number of hydrogen-bond donors (Lipinski definition) is 2. The molecule has 9 heavy (non-hydrogen) atoms. The number of ether oxygens (including phenoxy) is 2. The third-order valence-electron chi connectivity index (χ3n) is 0.708. The Hall–Kier alpha value is -0.160. The van der Waals surface area contributed by atoms with Gasteiger partial charge in [-0.05, 0) is 6.92 Å². The summed E-state index contributed by atoms with van der Waals surface area (Å²) in [4.78, 5) is 0. The molecule has 0 aliphatic rings. The topological polar surface area (TPSA) is 58.9 Å². The van der Waals surface area contributed by atoms with E-state index < -0.39 is 5.97 Å². The molecule has 0 saturated heterocycles. The second-order valence-corrected chi connectivity index (χ2v) is 1.61. The van der Waals surface area contributed by atoms with Crippen molar-refractivity contribution in [3.63, 3.8) is 0 Å². The molecule has 2 N–H and O–H groups in total. The van der Waals surface area contributed by atoms with Crippen molar-refractivity contribution >= 4 is 0 Å². The normalized spacial score (nSPS) is 12.0. The molecular weight excluding hydrogens is 124 g/mol. The molecule has 0 aromatic heterocycles. The van der Waals surface area contributed by atoms with Gasteiger partial charge in [0.15, 0.2) is 0 Å². The lowest BCUT2D eigenvalue weighted by molar-refractivity contribution is -0.351. The Bertz CT molecular complexity index is 63.4. The average molecular weight is 136 g/mol. The second-order valence-electron chi connectivity index (χ2n) is 1.61. The van der Waals surface area contributed by atoms with Crippen molar-refractivity contribution in [3.8, 4) is 0 Å². The molecule has 0 unspecified atom stereocenters. The van der Waals surface area contributed by atoms with Gasteiger partial charge in [-0.25, -0.2) is 0 Å². The minimum atomic E-state index is -2.12. The fourth-order valence-electron chi connectivity index (χ4n) is 0.461. The summed E-state index contributed by atoms with van der Waals surface area (Å²) in [6.07, 6.45) is 0. The van der Waals surface area contributed by atoms with Crippen LogP contribution in [0.25, 0.3) is 0 Å². The molecule has 4 nitrogen and oxygen atoms in total. The van der Waals surface area contributed by atoms with E-state index in [1.54, 1.807) is 6.92 Å². The first-order valence-corrected chi connectivity index (χ1v) is 2.70. The lowest BCUT2D eigenvalue weighted by Gasteiger charge is -2.19. The van der Waals surface area contributed by atoms with Gasteiger partial charge in [0.25, 0.3) is 0 Å². The molecule has 0 aromatic rings. The molecule has 0 rings (SSSR count). The quantitative estimate of drug-likeness (QED) is 0.502. The number of hydrogen-bond acceptors (Lipinski definition) is 4. The maximum Gasteiger partial charge on any atom is 0.302 e. The Kier molecular flexibility index (Phi) is 3.72. The van der Waals surface area contributed by atoms with Gasteiger partial charge in [0.2, 0.25) is 0 Å². The molecular formula is C5H12O4. The molecule has 0 aromatic carbocycles. The molecule has 0 radical (unpaired) electrons. The molecule has 4 heteroatoms. The first kappa shape index (κ1) is 8.84. The Morgan fingerprint density at radius 1 is 1.44 bits per heavy atom. The minimum Gasteiger partial charge on any atom is -0.376 e. The molecule has 0 spiro atoms. The van der Waals surface area contributed by atoms with Crippen LogP contribution in [0.4, 0.5) is 0 Å². The molecule has 0 saturated carbocycles. The van der Waals surface area contributed by atoms with Crippen LogP contribution in [0.5, 0.6) is 0 Å². The van der Waals surface area contributed by atoms with Gasteiger partial charge in [-0.1, -0.05) is 0 Å². The molecule has 0 aliphatic carbocycles. The largest absolute Gasteiger partial charge is 0.376 e. The van der Waals surface area contributed by atoms with E-state index in [2.05, 4.69) is 9.47 Å². The van der Waals surface area contributed by atoms with Crippen molar-refractivity contribution in [2.24, 2.45) is 0 Å². The van der Waals surface area contributed by atoms with Crippen LogP contribution in [0.15, 0.2) is 0 Å². The van der Waals surface area contributed by atoms with Gasteiger partial charge >= 0.3 is 5.97 Å². The Labute approximate surface area is 54.0 Å². The predicted molar refractivity (Wildman–Crippen MR) is 30.7 cm³/mol. The van der Waals surface area contributed by atoms with E-state index in [-0.39, 0.29) is 13.2 Å². The van der Waals surface area contributed by atoms with Gasteiger partial charge in [0.05, 0.1) is 0 Å². The summed E-state index contributed by atoms with van der Waals surface area (Å²) in [7, 11) is 1.36. The summed E-state index contributed by atoms with van der Waals surface area (Å²) < 4.78 is 8.89. The molecule has 56 valence electrons. The SMILES string of the molecule is CCOC(O)(O)COC. The van der Waals surface area contributed by atoms with Crippen LogP contribution in [0, 0.1) is 0 Å². The highest BCUT2D eigenvalue weighted by Crippen LogP contribution is 2.00. The fraction of sp³-hybridized carbons (Fsp3) is 1.00. The van der Waals surface area contributed by atoms with Crippen LogP contribution in [0.1, 0.15) is 6.92 Å². The van der Waals surface area contributed by atoms with E-state index in [1.807, 2.05) is 0 Å². The van der Waals surface area contributed by atoms with Gasteiger partial charge in [-0.3, -0.25) is 0 Å². The highest BCUT2D eigenvalue weighted by atomic mass is 16.8. The summed E-state index contributed by atoms with van der Waals surface area (Å²) in [6.45, 7) is 1.67. The Morgan fingerprint density at radius 2 is 2.00 bits per heavy atom. The summed E-state index contributed by atoms with van der Waals surface area (Å²) in [6, 6.07) is 0. The fourth-order valence-corrected chi connectivity index (χ4v) is 0.461. The van der Waals surface area contributed by atoms with Crippen LogP contribution in [-0.2, 0) is 9.47 Å². The zero-order valence-corrected chi connectivity index (χ0v) is 5.63. The lowest BCUT2D eigenvalue weighted by Crippen LogP contribution is -2.36. The molecule has 0 aliphatic heterocycles. The molecule has 0 fully saturated rings. The second kappa shape index (κ2) is 3.79. The van der Waals surface area contributed by atoms with Crippen molar-refractivity contribution in [2.75, 3.05) is 20.3 Å². The van der Waals surface area contributed by atoms with Gasteiger partial charge in [-0.15, -0.1) is 0 Å². The van der Waals surface area contributed by atoms with Crippen LogP contribution in [-0.4, -0.2) is 36.5 Å². The maximum absolute atomic E-state index is 8.72. The van der Waals surface area contributed by atoms with Gasteiger partial charge < -0.3 is 19.7 Å². The highest BCUT2D eigenvalue weighted by Gasteiger charge is 2.22. The van der Waals surface area contributed by atoms with E-state index in [0.29, 0.717) is 0 Å². The van der Waals surface area contributed by atoms with Crippen molar-refractivity contribution in [2.45, 2.75) is 12.9 Å². The van der Waals surface area contributed by atoms with Crippen LogP contribution in [0.3, 0.4) is 0 Å². The standard InChI is InChI=1S/C5H12O4/c1-3-9-5(6,7)4-8-2/h6-7H,3-4H2,1-2H3. The summed E-state index contributed by atoms with van der Waals surface area (Å²) in [5, 5.41) is 17.4.